The molecule has 1 aromatic heterocycles. The molecule has 4 rings (SSSR count). The number of nitrogens with one attached hydrogen (secondary N) is 1. The van der Waals surface area contributed by atoms with E-state index in [1.807, 2.05) is 36.9 Å². The number of carbonyl (C=O) groups excluding carboxylic acids is 3. The van der Waals surface area contributed by atoms with Gasteiger partial charge in [-0.2, -0.15) is 0 Å². The Balaban J connectivity index is 1.50. The highest BCUT2D eigenvalue weighted by Gasteiger charge is 2.35. The molecule has 0 bridgehead atoms. The number of nitrogens with zero attached hydrogens (tertiary/aromatic N) is 3. The van der Waals surface area contributed by atoms with Crippen molar-refractivity contribution in [2.24, 2.45) is 0 Å². The quantitative estimate of drug-likeness (QED) is 0.448. The van der Waals surface area contributed by atoms with Gasteiger partial charge in [0.2, 0.25) is 0 Å². The van der Waals surface area contributed by atoms with E-state index in [4.69, 9.17) is 16.6 Å². The van der Waals surface area contributed by atoms with Crippen molar-refractivity contribution >= 4 is 40.7 Å². The Morgan fingerprint density at radius 1 is 1.10 bits per heavy atom. The minimum Gasteiger partial charge on any atom is -0.459 e. The monoisotopic (exact) mass is 438 g/mol. The van der Waals surface area contributed by atoms with Crippen LogP contribution in [0.4, 0.5) is 5.69 Å². The highest BCUT2D eigenvalue weighted by Crippen LogP contribution is 2.24. The number of piperazine rings is 1. The average Bonchev–Trinajstić information content (AvgIpc) is 3.25. The summed E-state index contributed by atoms with van der Waals surface area (Å²) in [5.74, 6) is -0.862. The molecule has 8 nitrogen and oxygen atoms in total. The molecule has 160 valence electrons. The molecule has 9 heteroatoms. The molecule has 2 aliphatic rings. The van der Waals surface area contributed by atoms with Gasteiger partial charge >= 0.3 is 0 Å². The minimum absolute atomic E-state index is 0.0126. The third-order valence-corrected chi connectivity index (χ3v) is 5.50. The van der Waals surface area contributed by atoms with Crippen LogP contribution < -0.4 is 10.2 Å². The lowest BCUT2D eigenvalue weighted by Crippen LogP contribution is -2.55. The summed E-state index contributed by atoms with van der Waals surface area (Å²) >= 11 is 5.27. The Morgan fingerprint density at radius 2 is 1.77 bits per heavy atom. The number of amides is 3. The molecular formula is C22H22N4O4S. The third-order valence-electron chi connectivity index (χ3n) is 5.21. The van der Waals surface area contributed by atoms with Crippen LogP contribution in [0.25, 0.3) is 0 Å². The molecule has 0 saturated carbocycles. The maximum atomic E-state index is 13.2. The van der Waals surface area contributed by atoms with E-state index in [1.54, 1.807) is 23.2 Å². The van der Waals surface area contributed by atoms with Crippen LogP contribution in [0.5, 0.6) is 0 Å². The van der Waals surface area contributed by atoms with E-state index < -0.39 is 11.8 Å². The molecule has 31 heavy (non-hydrogen) atoms. The molecule has 3 heterocycles. The van der Waals surface area contributed by atoms with E-state index in [9.17, 15) is 14.4 Å². The second-order valence-electron chi connectivity index (χ2n) is 7.59. The molecule has 2 fully saturated rings. The Labute approximate surface area is 185 Å². The summed E-state index contributed by atoms with van der Waals surface area (Å²) in [6.07, 6.45) is 3.02. The Bertz CT molecular complexity index is 1060. The van der Waals surface area contributed by atoms with E-state index >= 15 is 0 Å². The van der Waals surface area contributed by atoms with E-state index in [-0.39, 0.29) is 16.6 Å². The van der Waals surface area contributed by atoms with Gasteiger partial charge in [-0.05, 0) is 61.5 Å². The first-order chi connectivity index (χ1) is 14.8. The van der Waals surface area contributed by atoms with E-state index in [0.29, 0.717) is 37.6 Å². The minimum atomic E-state index is -0.523. The summed E-state index contributed by atoms with van der Waals surface area (Å²) < 4.78 is 5.17. The molecule has 3 amide bonds. The van der Waals surface area contributed by atoms with Gasteiger partial charge in [0.1, 0.15) is 5.57 Å². The lowest BCUT2D eigenvalue weighted by Gasteiger charge is -2.35. The lowest BCUT2D eigenvalue weighted by atomic mass is 10.1. The molecule has 0 spiro atoms. The molecule has 0 radical (unpaired) electrons. The second kappa shape index (κ2) is 8.35. The van der Waals surface area contributed by atoms with Gasteiger partial charge in [-0.25, -0.2) is 0 Å². The van der Waals surface area contributed by atoms with Gasteiger partial charge in [-0.15, -0.1) is 0 Å². The van der Waals surface area contributed by atoms with E-state index in [2.05, 4.69) is 5.32 Å². The molecule has 0 unspecified atom stereocenters. The fourth-order valence-corrected chi connectivity index (χ4v) is 4.03. The summed E-state index contributed by atoms with van der Waals surface area (Å²) in [6, 6.07) is 9.01. The Morgan fingerprint density at radius 3 is 2.39 bits per heavy atom. The summed E-state index contributed by atoms with van der Waals surface area (Å²) in [5.41, 5.74) is 2.61. The topological polar surface area (TPSA) is 86.1 Å². The molecule has 1 aromatic carbocycles. The summed E-state index contributed by atoms with van der Waals surface area (Å²) in [7, 11) is 0. The number of aryl methyl sites for hydroxylation is 2. The second-order valence-corrected chi connectivity index (χ2v) is 7.98. The Kier molecular flexibility index (Phi) is 5.60. The van der Waals surface area contributed by atoms with Crippen LogP contribution in [-0.2, 0) is 9.59 Å². The van der Waals surface area contributed by atoms with Crippen molar-refractivity contribution in [1.82, 2.24) is 15.1 Å². The normalized spacial score (nSPS) is 18.6. The average molecular weight is 439 g/mol. The molecule has 0 aliphatic carbocycles. The fourth-order valence-electron chi connectivity index (χ4n) is 3.75. The number of carbonyl (C=O) groups is 3. The molecule has 2 aliphatic heterocycles. The number of anilines is 1. The van der Waals surface area contributed by atoms with E-state index in [1.165, 1.54) is 11.2 Å². The van der Waals surface area contributed by atoms with E-state index in [0.717, 1.165) is 11.1 Å². The molecule has 0 atom stereocenters. The van der Waals surface area contributed by atoms with Crippen molar-refractivity contribution in [1.29, 1.82) is 0 Å². The highest BCUT2D eigenvalue weighted by molar-refractivity contribution is 7.80. The molecule has 2 aromatic rings. The zero-order valence-electron chi connectivity index (χ0n) is 17.3. The largest absolute Gasteiger partial charge is 0.459 e. The van der Waals surface area contributed by atoms with Crippen molar-refractivity contribution < 1.29 is 18.8 Å². The standard InChI is InChI=1S/C22H22N4O4S/c1-14-10-15(2)12-16(11-14)26-20(28)17(19(27)23-22(26)31)13-24-5-7-25(8-6-24)21(29)18-4-3-9-30-18/h3-4,9-13H,5-8H2,1-2H3,(H,23,27,31)/b17-13+. The first-order valence-electron chi connectivity index (χ1n) is 9.90. The van der Waals surface area contributed by atoms with Crippen LogP contribution in [-0.4, -0.2) is 58.8 Å². The Hall–Kier alpha value is -3.46. The van der Waals surface area contributed by atoms with Gasteiger partial charge in [0.25, 0.3) is 17.7 Å². The van der Waals surface area contributed by atoms with Crippen LogP contribution in [0.2, 0.25) is 0 Å². The van der Waals surface area contributed by atoms with Gasteiger partial charge in [-0.3, -0.25) is 24.6 Å². The van der Waals surface area contributed by atoms with Crippen LogP contribution in [0.15, 0.2) is 52.8 Å². The number of hydrogen-bond acceptors (Lipinski definition) is 6. The van der Waals surface area contributed by atoms with Gasteiger partial charge in [0.15, 0.2) is 10.9 Å². The van der Waals surface area contributed by atoms with Gasteiger partial charge in [0, 0.05) is 32.4 Å². The zero-order valence-corrected chi connectivity index (χ0v) is 18.1. The fraction of sp³-hybridized carbons (Fsp3) is 0.273. The van der Waals surface area contributed by atoms with Crippen molar-refractivity contribution in [2.45, 2.75) is 13.8 Å². The number of furan rings is 1. The van der Waals surface area contributed by atoms with Crippen LogP contribution >= 0.6 is 12.2 Å². The maximum Gasteiger partial charge on any atom is 0.289 e. The number of hydrogen-bond donors (Lipinski definition) is 1. The van der Waals surface area contributed by atoms with Crippen LogP contribution in [0, 0.1) is 13.8 Å². The summed E-state index contributed by atoms with van der Waals surface area (Å²) in [4.78, 5) is 43.0. The smallest absolute Gasteiger partial charge is 0.289 e. The molecular weight excluding hydrogens is 416 g/mol. The first kappa shape index (κ1) is 20.8. The van der Waals surface area contributed by atoms with Crippen molar-refractivity contribution in [3.05, 3.63) is 65.3 Å². The molecule has 2 saturated heterocycles. The first-order valence-corrected chi connectivity index (χ1v) is 10.3. The van der Waals surface area contributed by atoms with Crippen LogP contribution in [0.1, 0.15) is 21.7 Å². The maximum absolute atomic E-state index is 13.2. The third kappa shape index (κ3) is 4.22. The summed E-state index contributed by atoms with van der Waals surface area (Å²) in [6.45, 7) is 5.77. The summed E-state index contributed by atoms with van der Waals surface area (Å²) in [5, 5.41) is 2.67. The predicted molar refractivity (Wildman–Crippen MR) is 118 cm³/mol. The number of rotatable bonds is 3. The number of thiocarbonyl (C=S) groups is 1. The van der Waals surface area contributed by atoms with Crippen molar-refractivity contribution in [3.8, 4) is 0 Å². The van der Waals surface area contributed by atoms with Gasteiger partial charge in [-0.1, -0.05) is 6.07 Å². The SMILES string of the molecule is Cc1cc(C)cc(N2C(=O)/C(=C/N3CCN(C(=O)c4ccco4)CC3)C(=O)NC2=S)c1. The van der Waals surface area contributed by atoms with Gasteiger partial charge in [0.05, 0.1) is 12.0 Å². The molecule has 1 N–H and O–H groups in total. The van der Waals surface area contributed by atoms with Crippen molar-refractivity contribution in [3.63, 3.8) is 0 Å². The predicted octanol–water partition coefficient (Wildman–Crippen LogP) is 1.99. The lowest BCUT2D eigenvalue weighted by molar-refractivity contribution is -0.122. The highest BCUT2D eigenvalue weighted by atomic mass is 32.1. The zero-order chi connectivity index (χ0) is 22.1. The van der Waals surface area contributed by atoms with Crippen molar-refractivity contribution in [2.75, 3.05) is 31.1 Å². The van der Waals surface area contributed by atoms with Crippen LogP contribution in [0.3, 0.4) is 0 Å². The van der Waals surface area contributed by atoms with Gasteiger partial charge < -0.3 is 14.2 Å². The number of benzene rings is 1.